The summed E-state index contributed by atoms with van der Waals surface area (Å²) in [6, 6.07) is 70.9. The van der Waals surface area contributed by atoms with Crippen LogP contribution in [0.25, 0.3) is 76.8 Å². The molecule has 0 nitrogen and oxygen atoms in total. The highest BCUT2D eigenvalue weighted by Gasteiger charge is 2.18. The summed E-state index contributed by atoms with van der Waals surface area (Å²) in [7, 11) is 0. The largest absolute Gasteiger partial charge is 0.0622 e. The second kappa shape index (κ2) is 12.4. The van der Waals surface area contributed by atoms with E-state index in [0.29, 0.717) is 0 Å². The Morgan fingerprint density at radius 1 is 0.286 bits per heavy atom. The fourth-order valence-corrected chi connectivity index (χ4v) is 7.62. The molecule has 0 bridgehead atoms. The molecular weight excluding hydrogens is 589 g/mol. The summed E-state index contributed by atoms with van der Waals surface area (Å²) in [6.45, 7) is 0. The maximum Gasteiger partial charge on any atom is -0.000728 e. The third kappa shape index (κ3) is 5.29. The molecule has 0 heteroatoms. The Hall–Kier alpha value is -6.24. The molecule has 49 heavy (non-hydrogen) atoms. The van der Waals surface area contributed by atoms with Crippen molar-refractivity contribution in [2.75, 3.05) is 0 Å². The van der Waals surface area contributed by atoms with E-state index in [1.807, 2.05) is 0 Å². The quantitative estimate of drug-likeness (QED) is 0.162. The van der Waals surface area contributed by atoms with Gasteiger partial charge in [0.25, 0.3) is 0 Å². The van der Waals surface area contributed by atoms with Gasteiger partial charge in [0.2, 0.25) is 0 Å². The van der Waals surface area contributed by atoms with Crippen LogP contribution in [0, 0.1) is 0 Å². The Kier molecular flexibility index (Phi) is 7.33. The Morgan fingerprint density at radius 3 is 1.45 bits per heavy atom. The molecule has 0 atom stereocenters. The van der Waals surface area contributed by atoms with Crippen LogP contribution in [0.1, 0.15) is 11.1 Å². The van der Waals surface area contributed by atoms with Crippen LogP contribution in [0.4, 0.5) is 0 Å². The monoisotopic (exact) mass is 622 g/mol. The van der Waals surface area contributed by atoms with Crippen LogP contribution in [0.5, 0.6) is 0 Å². The third-order valence-corrected chi connectivity index (χ3v) is 9.99. The second-order valence-corrected chi connectivity index (χ2v) is 12.8. The maximum atomic E-state index is 2.37. The van der Waals surface area contributed by atoms with Crippen molar-refractivity contribution in [3.63, 3.8) is 0 Å². The van der Waals surface area contributed by atoms with Crippen LogP contribution in [0.15, 0.2) is 194 Å². The van der Waals surface area contributed by atoms with Crippen molar-refractivity contribution in [1.82, 2.24) is 0 Å². The average molecular weight is 623 g/mol. The zero-order valence-electron chi connectivity index (χ0n) is 27.2. The lowest BCUT2D eigenvalue weighted by Gasteiger charge is -2.20. The van der Waals surface area contributed by atoms with Gasteiger partial charge in [-0.2, -0.15) is 0 Å². The third-order valence-electron chi connectivity index (χ3n) is 9.99. The van der Waals surface area contributed by atoms with Crippen molar-refractivity contribution in [2.24, 2.45) is 0 Å². The molecule has 0 amide bonds. The number of hydrogen-bond donors (Lipinski definition) is 0. The topological polar surface area (TPSA) is 0 Å². The fourth-order valence-electron chi connectivity index (χ4n) is 7.62. The van der Waals surface area contributed by atoms with E-state index < -0.39 is 0 Å². The van der Waals surface area contributed by atoms with Crippen LogP contribution >= 0.6 is 0 Å². The Bertz CT molecular complexity index is 2540. The average Bonchev–Trinajstić information content (AvgIpc) is 3.18. The van der Waals surface area contributed by atoms with Crippen molar-refractivity contribution >= 4 is 32.3 Å². The summed E-state index contributed by atoms with van der Waals surface area (Å²) >= 11 is 0. The van der Waals surface area contributed by atoms with E-state index in [1.54, 1.807) is 0 Å². The van der Waals surface area contributed by atoms with Gasteiger partial charge in [-0.05, 0) is 100 Å². The van der Waals surface area contributed by atoms with E-state index >= 15 is 0 Å². The number of rotatable bonds is 6. The van der Waals surface area contributed by atoms with Crippen LogP contribution in [-0.4, -0.2) is 0 Å². The van der Waals surface area contributed by atoms with E-state index in [-0.39, 0.29) is 0 Å². The molecule has 0 spiro atoms. The first-order chi connectivity index (χ1) is 24.3. The van der Waals surface area contributed by atoms with Gasteiger partial charge in [-0.3, -0.25) is 0 Å². The zero-order valence-corrected chi connectivity index (χ0v) is 27.2. The molecule has 9 aromatic carbocycles. The first-order valence-electron chi connectivity index (χ1n) is 17.1. The van der Waals surface area contributed by atoms with Gasteiger partial charge in [0, 0.05) is 0 Å². The lowest BCUT2D eigenvalue weighted by atomic mass is 9.84. The van der Waals surface area contributed by atoms with Gasteiger partial charge in [0.1, 0.15) is 0 Å². The molecule has 0 fully saturated rings. The molecule has 0 aliphatic rings. The minimum atomic E-state index is 0.839. The summed E-state index contributed by atoms with van der Waals surface area (Å²) in [5, 5.41) is 7.72. The standard InChI is InChI=1S/C49H34/c1-3-14-34(15-4-1)36-26-28-38(29-27-36)41-20-8-7-18-40(41)33-48-42-21-9-11-23-44(42)49(45-24-12-10-22-43(45)48)46-25-13-19-37-30-31-39(32-47(37)46)35-16-5-2-6-17-35/h1-32H,33H2. The second-order valence-electron chi connectivity index (χ2n) is 12.8. The normalized spacial score (nSPS) is 11.3. The number of fused-ring (bicyclic) bond motifs is 3. The van der Waals surface area contributed by atoms with Gasteiger partial charge in [-0.25, -0.2) is 0 Å². The first kappa shape index (κ1) is 28.9. The van der Waals surface area contributed by atoms with Crippen molar-refractivity contribution in [3.05, 3.63) is 205 Å². The first-order valence-corrected chi connectivity index (χ1v) is 17.1. The van der Waals surface area contributed by atoms with Crippen LogP contribution in [0.2, 0.25) is 0 Å². The predicted octanol–water partition coefficient (Wildman–Crippen LogP) is 13.4. The van der Waals surface area contributed by atoms with Gasteiger partial charge in [-0.15, -0.1) is 0 Å². The van der Waals surface area contributed by atoms with E-state index in [4.69, 9.17) is 0 Å². The lowest BCUT2D eigenvalue weighted by Crippen LogP contribution is -1.97. The molecule has 0 aliphatic heterocycles. The van der Waals surface area contributed by atoms with Gasteiger partial charge in [0.15, 0.2) is 0 Å². The lowest BCUT2D eigenvalue weighted by molar-refractivity contribution is 1.23. The molecule has 0 N–H and O–H groups in total. The molecule has 230 valence electrons. The fraction of sp³-hybridized carbons (Fsp3) is 0.0204. The smallest absolute Gasteiger partial charge is 0.000728 e. The molecule has 0 aromatic heterocycles. The summed E-state index contributed by atoms with van der Waals surface area (Å²) < 4.78 is 0. The highest BCUT2D eigenvalue weighted by Crippen LogP contribution is 2.43. The van der Waals surface area contributed by atoms with Crippen molar-refractivity contribution in [3.8, 4) is 44.5 Å². The minimum absolute atomic E-state index is 0.839. The van der Waals surface area contributed by atoms with E-state index in [2.05, 4.69) is 194 Å². The molecule has 0 saturated carbocycles. The van der Waals surface area contributed by atoms with E-state index in [9.17, 15) is 0 Å². The summed E-state index contributed by atoms with van der Waals surface area (Å²) in [6.07, 6.45) is 0.839. The van der Waals surface area contributed by atoms with Crippen LogP contribution in [0.3, 0.4) is 0 Å². The SMILES string of the molecule is c1ccc(-c2ccc(-c3ccccc3Cc3c4ccccc4c(-c4cccc5ccc(-c6ccccc6)cc45)c4ccccc34)cc2)cc1. The molecule has 9 aromatic rings. The molecular formula is C49H34. The minimum Gasteiger partial charge on any atom is -0.0622 e. The number of benzene rings is 9. The summed E-state index contributed by atoms with van der Waals surface area (Å²) in [5.74, 6) is 0. The summed E-state index contributed by atoms with van der Waals surface area (Å²) in [4.78, 5) is 0. The van der Waals surface area contributed by atoms with Crippen LogP contribution in [-0.2, 0) is 6.42 Å². The number of hydrogen-bond acceptors (Lipinski definition) is 0. The Labute approximate surface area is 287 Å². The molecule has 0 heterocycles. The molecule has 9 rings (SSSR count). The molecule has 0 aliphatic carbocycles. The van der Waals surface area contributed by atoms with Gasteiger partial charge in [0.05, 0.1) is 0 Å². The predicted molar refractivity (Wildman–Crippen MR) is 210 cm³/mol. The van der Waals surface area contributed by atoms with Crippen molar-refractivity contribution in [1.29, 1.82) is 0 Å². The highest BCUT2D eigenvalue weighted by atomic mass is 14.2. The van der Waals surface area contributed by atoms with E-state index in [0.717, 1.165) is 6.42 Å². The zero-order chi connectivity index (χ0) is 32.6. The molecule has 0 unspecified atom stereocenters. The summed E-state index contributed by atoms with van der Waals surface area (Å²) in [5.41, 5.74) is 12.7. The van der Waals surface area contributed by atoms with Gasteiger partial charge in [-0.1, -0.05) is 188 Å². The van der Waals surface area contributed by atoms with Crippen LogP contribution < -0.4 is 0 Å². The van der Waals surface area contributed by atoms with Crippen molar-refractivity contribution < 1.29 is 0 Å². The Morgan fingerprint density at radius 2 is 0.776 bits per heavy atom. The van der Waals surface area contributed by atoms with Gasteiger partial charge < -0.3 is 0 Å². The van der Waals surface area contributed by atoms with Gasteiger partial charge >= 0.3 is 0 Å². The molecule has 0 radical (unpaired) electrons. The van der Waals surface area contributed by atoms with Crippen molar-refractivity contribution in [2.45, 2.75) is 6.42 Å². The Balaban J connectivity index is 1.21. The maximum absolute atomic E-state index is 2.37. The highest BCUT2D eigenvalue weighted by molar-refractivity contribution is 6.19. The molecule has 0 saturated heterocycles. The van der Waals surface area contributed by atoms with E-state index in [1.165, 1.54) is 88.0 Å².